The zero-order valence-corrected chi connectivity index (χ0v) is 10.6. The monoisotopic (exact) mass is 210 g/mol. The molecule has 1 rings (SSSR count). The van der Waals surface area contributed by atoms with Gasteiger partial charge in [0.1, 0.15) is 0 Å². The maximum absolute atomic E-state index is 11.8. The highest BCUT2D eigenvalue weighted by atomic mass is 16.1. The average Bonchev–Trinajstić information content (AvgIpc) is 2.42. The van der Waals surface area contributed by atoms with Gasteiger partial charge in [-0.1, -0.05) is 27.7 Å². The second-order valence-corrected chi connectivity index (χ2v) is 5.00. The fraction of sp³-hybridized carbons (Fsp3) is 0.750. The second-order valence-electron chi connectivity index (χ2n) is 5.00. The van der Waals surface area contributed by atoms with E-state index in [1.807, 2.05) is 18.4 Å². The van der Waals surface area contributed by atoms with Crippen molar-refractivity contribution >= 4 is 0 Å². The van der Waals surface area contributed by atoms with Crippen LogP contribution < -0.4 is 5.69 Å². The lowest BCUT2D eigenvalue weighted by molar-refractivity contribution is 0.539. The number of aromatic nitrogens is 2. The first-order valence-electron chi connectivity index (χ1n) is 5.70. The topological polar surface area (TPSA) is 37.8 Å². The highest BCUT2D eigenvalue weighted by Crippen LogP contribution is 2.25. The van der Waals surface area contributed by atoms with Gasteiger partial charge in [0.15, 0.2) is 0 Å². The van der Waals surface area contributed by atoms with E-state index in [2.05, 4.69) is 32.7 Å². The number of H-pyrrole nitrogens is 1. The van der Waals surface area contributed by atoms with Crippen molar-refractivity contribution in [2.45, 2.75) is 59.4 Å². The van der Waals surface area contributed by atoms with Crippen molar-refractivity contribution in [3.63, 3.8) is 0 Å². The van der Waals surface area contributed by atoms with Gasteiger partial charge in [-0.05, 0) is 25.7 Å². The maximum atomic E-state index is 11.8. The molecule has 86 valence electrons. The van der Waals surface area contributed by atoms with Crippen LogP contribution in [0, 0.1) is 0 Å². The fourth-order valence-corrected chi connectivity index (χ4v) is 2.02. The summed E-state index contributed by atoms with van der Waals surface area (Å²) in [6.45, 7) is 12.6. The van der Waals surface area contributed by atoms with Crippen LogP contribution in [0.3, 0.4) is 0 Å². The molecule has 15 heavy (non-hydrogen) atoms. The van der Waals surface area contributed by atoms with E-state index in [0.717, 1.165) is 11.4 Å². The Labute approximate surface area is 91.5 Å². The van der Waals surface area contributed by atoms with Crippen LogP contribution in [0.1, 0.15) is 70.8 Å². The highest BCUT2D eigenvalue weighted by molar-refractivity contribution is 5.20. The molecule has 0 saturated heterocycles. The van der Waals surface area contributed by atoms with Crippen LogP contribution >= 0.6 is 0 Å². The van der Waals surface area contributed by atoms with Crippen LogP contribution in [0.5, 0.6) is 0 Å². The third kappa shape index (κ3) is 2.16. The summed E-state index contributed by atoms with van der Waals surface area (Å²) in [6, 6.07) is 0.221. The van der Waals surface area contributed by atoms with Crippen molar-refractivity contribution in [2.24, 2.45) is 0 Å². The van der Waals surface area contributed by atoms with Crippen LogP contribution in [-0.4, -0.2) is 9.55 Å². The van der Waals surface area contributed by atoms with Gasteiger partial charge in [-0.15, -0.1) is 0 Å². The van der Waals surface area contributed by atoms with Crippen LogP contribution in [0.2, 0.25) is 0 Å². The van der Waals surface area contributed by atoms with E-state index in [1.54, 1.807) is 0 Å². The first-order chi connectivity index (χ1) is 6.86. The smallest absolute Gasteiger partial charge is 0.309 e. The summed E-state index contributed by atoms with van der Waals surface area (Å²) in [7, 11) is 0. The summed E-state index contributed by atoms with van der Waals surface area (Å²) >= 11 is 0. The van der Waals surface area contributed by atoms with Gasteiger partial charge in [-0.25, -0.2) is 4.79 Å². The van der Waals surface area contributed by atoms with E-state index >= 15 is 0 Å². The Balaban J connectivity index is 3.45. The fourth-order valence-electron chi connectivity index (χ4n) is 2.02. The lowest BCUT2D eigenvalue weighted by Gasteiger charge is -2.16. The number of hydrogen-bond donors (Lipinski definition) is 1. The van der Waals surface area contributed by atoms with Crippen molar-refractivity contribution in [1.82, 2.24) is 9.55 Å². The minimum atomic E-state index is 0.0254. The van der Waals surface area contributed by atoms with Crippen LogP contribution in [0.4, 0.5) is 0 Å². The Hall–Kier alpha value is -0.990. The van der Waals surface area contributed by atoms with Crippen molar-refractivity contribution in [1.29, 1.82) is 0 Å². The molecule has 0 saturated carbocycles. The Morgan fingerprint density at radius 2 is 1.53 bits per heavy atom. The van der Waals surface area contributed by atoms with E-state index in [1.165, 1.54) is 0 Å². The molecule has 3 nitrogen and oxygen atoms in total. The van der Waals surface area contributed by atoms with E-state index in [4.69, 9.17) is 0 Å². The first-order valence-corrected chi connectivity index (χ1v) is 5.70. The van der Waals surface area contributed by atoms with Gasteiger partial charge < -0.3 is 4.98 Å². The summed E-state index contributed by atoms with van der Waals surface area (Å²) in [4.78, 5) is 14.8. The van der Waals surface area contributed by atoms with Crippen molar-refractivity contribution < 1.29 is 0 Å². The van der Waals surface area contributed by atoms with E-state index in [-0.39, 0.29) is 11.7 Å². The number of nitrogens with one attached hydrogen (secondary N) is 1. The zero-order chi connectivity index (χ0) is 11.7. The van der Waals surface area contributed by atoms with Crippen LogP contribution in [-0.2, 0) is 0 Å². The summed E-state index contributed by atoms with van der Waals surface area (Å²) in [5.41, 5.74) is 2.27. The standard InChI is InChI=1S/C12H22N2O/c1-7(2)10-11(8(3)4)14(9(5)6)12(15)13-10/h7-9H,1-6H3,(H,13,15). The SMILES string of the molecule is CC(C)c1[nH]c(=O)n(C(C)C)c1C(C)C. The molecule has 0 fully saturated rings. The van der Waals surface area contributed by atoms with Crippen molar-refractivity contribution in [3.8, 4) is 0 Å². The summed E-state index contributed by atoms with van der Waals surface area (Å²) in [5.74, 6) is 0.749. The van der Waals surface area contributed by atoms with Gasteiger partial charge in [0.05, 0.1) is 0 Å². The predicted molar refractivity (Wildman–Crippen MR) is 63.6 cm³/mol. The first kappa shape index (κ1) is 12.1. The van der Waals surface area contributed by atoms with Gasteiger partial charge in [0.2, 0.25) is 0 Å². The molecule has 0 aromatic carbocycles. The van der Waals surface area contributed by atoms with E-state index in [0.29, 0.717) is 11.8 Å². The molecule has 0 aliphatic carbocycles. The number of aromatic amines is 1. The largest absolute Gasteiger partial charge is 0.326 e. The van der Waals surface area contributed by atoms with E-state index < -0.39 is 0 Å². The Bertz CT molecular complexity index is 383. The molecular weight excluding hydrogens is 188 g/mol. The molecule has 0 unspecified atom stereocenters. The summed E-state index contributed by atoms with van der Waals surface area (Å²) in [5, 5.41) is 0. The summed E-state index contributed by atoms with van der Waals surface area (Å²) in [6.07, 6.45) is 0. The molecule has 1 N–H and O–H groups in total. The minimum absolute atomic E-state index is 0.0254. The zero-order valence-electron chi connectivity index (χ0n) is 10.6. The molecular formula is C12H22N2O. The number of hydrogen-bond acceptors (Lipinski definition) is 1. The molecule has 3 heteroatoms. The Morgan fingerprint density at radius 1 is 1.00 bits per heavy atom. The molecule has 0 aliphatic heterocycles. The third-order valence-corrected chi connectivity index (χ3v) is 2.64. The molecule has 0 bridgehead atoms. The van der Waals surface area contributed by atoms with Crippen LogP contribution in [0.25, 0.3) is 0 Å². The van der Waals surface area contributed by atoms with Crippen molar-refractivity contribution in [3.05, 3.63) is 21.9 Å². The average molecular weight is 210 g/mol. The lowest BCUT2D eigenvalue weighted by atomic mass is 10.0. The molecule has 1 aromatic rings. The molecule has 0 radical (unpaired) electrons. The predicted octanol–water partition coefficient (Wildman–Crippen LogP) is 3.00. The lowest BCUT2D eigenvalue weighted by Crippen LogP contribution is -2.21. The molecule has 0 atom stereocenters. The van der Waals surface area contributed by atoms with Gasteiger partial charge in [0.25, 0.3) is 0 Å². The highest BCUT2D eigenvalue weighted by Gasteiger charge is 2.20. The Morgan fingerprint density at radius 3 is 1.87 bits per heavy atom. The molecule has 1 aromatic heterocycles. The van der Waals surface area contributed by atoms with Crippen molar-refractivity contribution in [2.75, 3.05) is 0 Å². The van der Waals surface area contributed by atoms with Gasteiger partial charge >= 0.3 is 5.69 Å². The minimum Gasteiger partial charge on any atom is -0.309 e. The molecule has 0 aliphatic rings. The maximum Gasteiger partial charge on any atom is 0.326 e. The normalized spacial score (nSPS) is 12.1. The van der Waals surface area contributed by atoms with Gasteiger partial charge in [-0.3, -0.25) is 4.57 Å². The Kier molecular flexibility index (Phi) is 3.42. The third-order valence-electron chi connectivity index (χ3n) is 2.64. The molecule has 0 spiro atoms. The summed E-state index contributed by atoms with van der Waals surface area (Å²) < 4.78 is 1.88. The quantitative estimate of drug-likeness (QED) is 0.818. The van der Waals surface area contributed by atoms with Gasteiger partial charge in [0, 0.05) is 17.4 Å². The second kappa shape index (κ2) is 4.25. The number of rotatable bonds is 3. The van der Waals surface area contributed by atoms with Gasteiger partial charge in [-0.2, -0.15) is 0 Å². The van der Waals surface area contributed by atoms with E-state index in [9.17, 15) is 4.79 Å². The van der Waals surface area contributed by atoms with Crippen LogP contribution in [0.15, 0.2) is 4.79 Å². The molecule has 0 amide bonds. The number of imidazole rings is 1. The molecule has 1 heterocycles. The number of nitrogens with zero attached hydrogens (tertiary/aromatic N) is 1.